The Hall–Kier alpha value is -0.480. The van der Waals surface area contributed by atoms with E-state index < -0.39 is 0 Å². The third kappa shape index (κ3) is 2.06. The fraction of sp³-hybridized carbons (Fsp3) is 0.667. The molecule has 0 spiro atoms. The number of nitrogens with zero attached hydrogens (tertiary/aromatic N) is 1. The molecule has 4 heteroatoms. The molecule has 2 heterocycles. The van der Waals surface area contributed by atoms with E-state index in [4.69, 9.17) is 4.42 Å². The first-order valence-corrected chi connectivity index (χ1v) is 5.81. The summed E-state index contributed by atoms with van der Waals surface area (Å²) in [7, 11) is 0. The van der Waals surface area contributed by atoms with Crippen molar-refractivity contribution in [2.75, 3.05) is 18.1 Å². The Morgan fingerprint density at radius 2 is 2.69 bits per heavy atom. The van der Waals surface area contributed by atoms with Gasteiger partial charge in [0, 0.05) is 24.5 Å². The number of hydrogen-bond donors (Lipinski definition) is 1. The summed E-state index contributed by atoms with van der Waals surface area (Å²) in [6, 6.07) is 0.391. The van der Waals surface area contributed by atoms with Crippen molar-refractivity contribution in [3.63, 3.8) is 0 Å². The van der Waals surface area contributed by atoms with Gasteiger partial charge in [-0.25, -0.2) is 4.98 Å². The van der Waals surface area contributed by atoms with Crippen molar-refractivity contribution in [2.24, 2.45) is 0 Å². The van der Waals surface area contributed by atoms with E-state index in [9.17, 15) is 0 Å². The van der Waals surface area contributed by atoms with Crippen LogP contribution in [-0.2, 0) is 6.42 Å². The number of nitrogens with one attached hydrogen (secondary N) is 1. The van der Waals surface area contributed by atoms with Crippen LogP contribution in [0.4, 0.5) is 0 Å². The van der Waals surface area contributed by atoms with E-state index in [1.807, 2.05) is 11.8 Å². The molecule has 72 valence electrons. The summed E-state index contributed by atoms with van der Waals surface area (Å²) in [6.07, 6.45) is 2.66. The minimum absolute atomic E-state index is 0.391. The van der Waals surface area contributed by atoms with Gasteiger partial charge in [0.25, 0.3) is 0 Å². The van der Waals surface area contributed by atoms with Crippen LogP contribution in [0.25, 0.3) is 0 Å². The zero-order valence-electron chi connectivity index (χ0n) is 7.75. The fourth-order valence-corrected chi connectivity index (χ4v) is 2.36. The van der Waals surface area contributed by atoms with Crippen molar-refractivity contribution in [2.45, 2.75) is 19.4 Å². The molecule has 0 amide bonds. The van der Waals surface area contributed by atoms with E-state index in [1.165, 1.54) is 5.75 Å². The number of hydrogen-bond acceptors (Lipinski definition) is 4. The summed E-state index contributed by atoms with van der Waals surface area (Å²) in [5.74, 6) is 3.15. The van der Waals surface area contributed by atoms with Crippen LogP contribution >= 0.6 is 11.8 Å². The van der Waals surface area contributed by atoms with Gasteiger partial charge in [-0.1, -0.05) is 6.92 Å². The lowest BCUT2D eigenvalue weighted by Crippen LogP contribution is -2.30. The maximum absolute atomic E-state index is 5.31. The largest absolute Gasteiger partial charge is 0.449 e. The van der Waals surface area contributed by atoms with Gasteiger partial charge < -0.3 is 9.73 Å². The van der Waals surface area contributed by atoms with Crippen molar-refractivity contribution in [1.29, 1.82) is 0 Å². The van der Waals surface area contributed by atoms with Crippen LogP contribution in [0.1, 0.15) is 24.6 Å². The molecule has 1 N–H and O–H groups in total. The Kier molecular flexibility index (Phi) is 2.90. The minimum atomic E-state index is 0.391. The molecule has 0 aliphatic carbocycles. The lowest BCUT2D eigenvalue weighted by Gasteiger charge is -2.20. The lowest BCUT2D eigenvalue weighted by molar-refractivity contribution is 0.499. The Labute approximate surface area is 82.3 Å². The third-order valence-corrected chi connectivity index (χ3v) is 3.21. The SMILES string of the molecule is CCc1nc(C2CSCCN2)co1. The third-order valence-electron chi connectivity index (χ3n) is 2.15. The van der Waals surface area contributed by atoms with E-state index in [0.717, 1.165) is 30.3 Å². The van der Waals surface area contributed by atoms with E-state index >= 15 is 0 Å². The highest BCUT2D eigenvalue weighted by Gasteiger charge is 2.18. The maximum atomic E-state index is 5.31. The molecule has 1 atom stereocenters. The summed E-state index contributed by atoms with van der Waals surface area (Å²) in [4.78, 5) is 4.41. The zero-order valence-corrected chi connectivity index (χ0v) is 8.56. The number of oxazole rings is 1. The van der Waals surface area contributed by atoms with E-state index in [2.05, 4.69) is 17.2 Å². The topological polar surface area (TPSA) is 38.1 Å². The van der Waals surface area contributed by atoms with Crippen LogP contribution in [0.5, 0.6) is 0 Å². The second-order valence-electron chi connectivity index (χ2n) is 3.10. The van der Waals surface area contributed by atoms with E-state index in [-0.39, 0.29) is 0 Å². The average Bonchev–Trinajstić information content (AvgIpc) is 2.67. The monoisotopic (exact) mass is 198 g/mol. The molecule has 1 aromatic rings. The smallest absolute Gasteiger partial charge is 0.193 e. The standard InChI is InChI=1S/C9H14N2OS/c1-2-9-11-7(5-12-9)8-6-13-4-3-10-8/h5,8,10H,2-4,6H2,1H3. The fourth-order valence-electron chi connectivity index (χ4n) is 1.40. The maximum Gasteiger partial charge on any atom is 0.193 e. The molecule has 0 aromatic carbocycles. The molecule has 0 radical (unpaired) electrons. The van der Waals surface area contributed by atoms with Gasteiger partial charge in [-0.15, -0.1) is 0 Å². The molecular formula is C9H14N2OS. The van der Waals surface area contributed by atoms with Gasteiger partial charge >= 0.3 is 0 Å². The molecule has 1 aliphatic rings. The molecule has 1 fully saturated rings. The van der Waals surface area contributed by atoms with Gasteiger partial charge in [0.2, 0.25) is 0 Å². The highest BCUT2D eigenvalue weighted by Crippen LogP contribution is 2.21. The highest BCUT2D eigenvalue weighted by molar-refractivity contribution is 7.99. The quantitative estimate of drug-likeness (QED) is 0.783. The summed E-state index contributed by atoms with van der Waals surface area (Å²) in [6.45, 7) is 3.13. The Balaban J connectivity index is 2.05. The van der Waals surface area contributed by atoms with Crippen molar-refractivity contribution < 1.29 is 4.42 Å². The van der Waals surface area contributed by atoms with Crippen LogP contribution in [0, 0.1) is 0 Å². The van der Waals surface area contributed by atoms with Gasteiger partial charge in [0.05, 0.1) is 11.7 Å². The molecule has 0 bridgehead atoms. The lowest BCUT2D eigenvalue weighted by atomic mass is 10.2. The summed E-state index contributed by atoms with van der Waals surface area (Å²) < 4.78 is 5.31. The number of thioether (sulfide) groups is 1. The van der Waals surface area contributed by atoms with Crippen LogP contribution in [-0.4, -0.2) is 23.0 Å². The Morgan fingerprint density at radius 3 is 3.31 bits per heavy atom. The second kappa shape index (κ2) is 4.15. The summed E-state index contributed by atoms with van der Waals surface area (Å²) in [5.41, 5.74) is 1.06. The Morgan fingerprint density at radius 1 is 1.77 bits per heavy atom. The van der Waals surface area contributed by atoms with Crippen molar-refractivity contribution >= 4 is 11.8 Å². The normalized spacial score (nSPS) is 23.3. The molecule has 1 aromatic heterocycles. The van der Waals surface area contributed by atoms with Crippen LogP contribution in [0.15, 0.2) is 10.7 Å². The minimum Gasteiger partial charge on any atom is -0.449 e. The van der Waals surface area contributed by atoms with Gasteiger partial charge in [0.1, 0.15) is 6.26 Å². The molecular weight excluding hydrogens is 184 g/mol. The first-order valence-electron chi connectivity index (χ1n) is 4.65. The number of aromatic nitrogens is 1. The molecule has 13 heavy (non-hydrogen) atoms. The predicted molar refractivity (Wildman–Crippen MR) is 53.9 cm³/mol. The van der Waals surface area contributed by atoms with Crippen molar-refractivity contribution in [3.05, 3.63) is 17.8 Å². The Bertz CT molecular complexity index is 268. The van der Waals surface area contributed by atoms with Crippen molar-refractivity contribution in [3.8, 4) is 0 Å². The first-order chi connectivity index (χ1) is 6.40. The molecule has 0 saturated carbocycles. The summed E-state index contributed by atoms with van der Waals surface area (Å²) in [5, 5.41) is 3.43. The molecule has 2 rings (SSSR count). The number of rotatable bonds is 2. The van der Waals surface area contributed by atoms with Gasteiger partial charge in [-0.2, -0.15) is 11.8 Å². The van der Waals surface area contributed by atoms with Gasteiger partial charge in [-0.05, 0) is 0 Å². The van der Waals surface area contributed by atoms with Gasteiger partial charge in [0.15, 0.2) is 5.89 Å². The first kappa shape index (κ1) is 9.09. The van der Waals surface area contributed by atoms with Crippen LogP contribution < -0.4 is 5.32 Å². The van der Waals surface area contributed by atoms with E-state index in [0.29, 0.717) is 6.04 Å². The molecule has 3 nitrogen and oxygen atoms in total. The van der Waals surface area contributed by atoms with Crippen LogP contribution in [0.3, 0.4) is 0 Å². The molecule has 1 saturated heterocycles. The molecule has 1 aliphatic heterocycles. The number of aryl methyl sites for hydroxylation is 1. The van der Waals surface area contributed by atoms with Crippen molar-refractivity contribution in [1.82, 2.24) is 10.3 Å². The highest BCUT2D eigenvalue weighted by atomic mass is 32.2. The van der Waals surface area contributed by atoms with Crippen LogP contribution in [0.2, 0.25) is 0 Å². The second-order valence-corrected chi connectivity index (χ2v) is 4.25. The molecule has 1 unspecified atom stereocenters. The predicted octanol–water partition coefficient (Wildman–Crippen LogP) is 1.61. The van der Waals surface area contributed by atoms with Gasteiger partial charge in [-0.3, -0.25) is 0 Å². The zero-order chi connectivity index (χ0) is 9.10. The average molecular weight is 198 g/mol. The summed E-state index contributed by atoms with van der Waals surface area (Å²) >= 11 is 1.97. The van der Waals surface area contributed by atoms with E-state index in [1.54, 1.807) is 6.26 Å².